The van der Waals surface area contributed by atoms with Crippen LogP contribution in [-0.2, 0) is 5.33 Å². The lowest BCUT2D eigenvalue weighted by molar-refractivity contribution is 0.0523. The van der Waals surface area contributed by atoms with Gasteiger partial charge in [-0.2, -0.15) is 5.26 Å². The number of aliphatic hydroxyl groups excluding tert-OH is 2. The maximum atomic E-state index is 9.61. The molecule has 14 heavy (non-hydrogen) atoms. The molecule has 0 fully saturated rings. The Morgan fingerprint density at radius 1 is 1.36 bits per heavy atom. The van der Waals surface area contributed by atoms with Gasteiger partial charge in [-0.15, -0.1) is 0 Å². The predicted molar refractivity (Wildman–Crippen MR) is 55.7 cm³/mol. The van der Waals surface area contributed by atoms with E-state index in [2.05, 4.69) is 15.9 Å². The zero-order chi connectivity index (χ0) is 10.6. The van der Waals surface area contributed by atoms with Crippen molar-refractivity contribution in [3.8, 4) is 6.07 Å². The molecule has 1 rings (SSSR count). The van der Waals surface area contributed by atoms with Gasteiger partial charge in [-0.25, -0.2) is 0 Å². The summed E-state index contributed by atoms with van der Waals surface area (Å²) in [5, 5.41) is 27.8. The minimum Gasteiger partial charge on any atom is -0.385 e. The Kier molecular flexibility index (Phi) is 4.08. The van der Waals surface area contributed by atoms with Gasteiger partial charge in [-0.3, -0.25) is 0 Å². The summed E-state index contributed by atoms with van der Waals surface area (Å²) < 4.78 is 0. The second-order valence-corrected chi connectivity index (χ2v) is 3.41. The van der Waals surface area contributed by atoms with Crippen molar-refractivity contribution in [2.24, 2.45) is 0 Å². The summed E-state index contributed by atoms with van der Waals surface area (Å²) in [4.78, 5) is 0. The van der Waals surface area contributed by atoms with Crippen molar-refractivity contribution in [2.75, 3.05) is 0 Å². The van der Waals surface area contributed by atoms with Crippen LogP contribution in [0.25, 0.3) is 0 Å². The van der Waals surface area contributed by atoms with E-state index in [-0.39, 0.29) is 0 Å². The number of halogens is 1. The van der Waals surface area contributed by atoms with E-state index >= 15 is 0 Å². The largest absolute Gasteiger partial charge is 0.385 e. The van der Waals surface area contributed by atoms with Crippen molar-refractivity contribution >= 4 is 15.9 Å². The Balaban J connectivity index is 3.00. The summed E-state index contributed by atoms with van der Waals surface area (Å²) in [6.07, 6.45) is -2.52. The highest BCUT2D eigenvalue weighted by molar-refractivity contribution is 9.08. The van der Waals surface area contributed by atoms with E-state index in [4.69, 9.17) is 5.26 Å². The normalized spacial score (nSPS) is 14.4. The summed E-state index contributed by atoms with van der Waals surface area (Å²) >= 11 is 3.27. The lowest BCUT2D eigenvalue weighted by atomic mass is 10.0. The van der Waals surface area contributed by atoms with Crippen LogP contribution >= 0.6 is 15.9 Å². The average Bonchev–Trinajstić information content (AvgIpc) is 2.26. The zero-order valence-corrected chi connectivity index (χ0v) is 8.98. The van der Waals surface area contributed by atoms with Crippen LogP contribution in [0, 0.1) is 11.3 Å². The summed E-state index contributed by atoms with van der Waals surface area (Å²) in [5.74, 6) is 0. The van der Waals surface area contributed by atoms with E-state index in [1.165, 1.54) is 0 Å². The fraction of sp³-hybridized carbons (Fsp3) is 0.300. The van der Waals surface area contributed by atoms with Gasteiger partial charge in [-0.1, -0.05) is 40.2 Å². The number of nitrogens with zero attached hydrogens (tertiary/aromatic N) is 1. The van der Waals surface area contributed by atoms with Gasteiger partial charge in [-0.05, 0) is 11.1 Å². The van der Waals surface area contributed by atoms with Crippen LogP contribution in [0.3, 0.4) is 0 Å². The highest BCUT2D eigenvalue weighted by atomic mass is 79.9. The Morgan fingerprint density at radius 3 is 2.57 bits per heavy atom. The third-order valence-electron chi connectivity index (χ3n) is 1.95. The van der Waals surface area contributed by atoms with Crippen molar-refractivity contribution in [3.63, 3.8) is 0 Å². The monoisotopic (exact) mass is 255 g/mol. The maximum Gasteiger partial charge on any atom is 0.170 e. The molecular weight excluding hydrogens is 246 g/mol. The summed E-state index contributed by atoms with van der Waals surface area (Å²) in [6.45, 7) is 0. The van der Waals surface area contributed by atoms with Gasteiger partial charge in [0.2, 0.25) is 0 Å². The molecule has 4 heteroatoms. The van der Waals surface area contributed by atoms with Gasteiger partial charge in [0.15, 0.2) is 6.10 Å². The van der Waals surface area contributed by atoms with E-state index in [9.17, 15) is 10.2 Å². The molecule has 0 spiro atoms. The molecule has 0 heterocycles. The third kappa shape index (κ3) is 2.32. The lowest BCUT2D eigenvalue weighted by Gasteiger charge is -2.14. The minimum absolute atomic E-state index is 0.582. The molecule has 2 unspecified atom stereocenters. The number of hydrogen-bond acceptors (Lipinski definition) is 3. The van der Waals surface area contributed by atoms with Crippen LogP contribution in [0.1, 0.15) is 17.2 Å². The van der Waals surface area contributed by atoms with Crippen LogP contribution in [0.15, 0.2) is 24.3 Å². The minimum atomic E-state index is -1.38. The molecule has 74 valence electrons. The molecule has 0 aliphatic carbocycles. The maximum absolute atomic E-state index is 9.61. The predicted octanol–water partition coefficient (Wildman–Crippen LogP) is 1.50. The van der Waals surface area contributed by atoms with Gasteiger partial charge in [0.25, 0.3) is 0 Å². The Hall–Kier alpha value is -0.890. The Labute approximate surface area is 90.7 Å². The first-order valence-corrected chi connectivity index (χ1v) is 5.22. The van der Waals surface area contributed by atoms with Crippen LogP contribution in [0.5, 0.6) is 0 Å². The molecule has 1 aromatic carbocycles. The number of aliphatic hydroxyl groups is 2. The van der Waals surface area contributed by atoms with Gasteiger partial charge in [0.1, 0.15) is 6.10 Å². The molecule has 0 aliphatic rings. The number of benzene rings is 1. The third-order valence-corrected chi connectivity index (χ3v) is 2.55. The molecule has 3 nitrogen and oxygen atoms in total. The molecule has 0 radical (unpaired) electrons. The van der Waals surface area contributed by atoms with Crippen LogP contribution in [0.2, 0.25) is 0 Å². The lowest BCUT2D eigenvalue weighted by Crippen LogP contribution is -2.17. The number of alkyl halides is 1. The molecule has 1 aromatic rings. The second-order valence-electron chi connectivity index (χ2n) is 2.85. The quantitative estimate of drug-likeness (QED) is 0.636. The van der Waals surface area contributed by atoms with Crippen molar-refractivity contribution in [2.45, 2.75) is 17.5 Å². The fourth-order valence-corrected chi connectivity index (χ4v) is 1.70. The first-order valence-electron chi connectivity index (χ1n) is 4.10. The zero-order valence-electron chi connectivity index (χ0n) is 7.39. The molecule has 2 atom stereocenters. The van der Waals surface area contributed by atoms with E-state index in [1.54, 1.807) is 18.2 Å². The van der Waals surface area contributed by atoms with Crippen molar-refractivity contribution in [3.05, 3.63) is 35.4 Å². The topological polar surface area (TPSA) is 64.2 Å². The van der Waals surface area contributed by atoms with Crippen molar-refractivity contribution in [1.29, 1.82) is 5.26 Å². The smallest absolute Gasteiger partial charge is 0.170 e. The summed E-state index contributed by atoms with van der Waals surface area (Å²) in [5.41, 5.74) is 1.45. The highest BCUT2D eigenvalue weighted by Crippen LogP contribution is 2.22. The van der Waals surface area contributed by atoms with Crippen LogP contribution in [-0.4, -0.2) is 16.3 Å². The second kappa shape index (κ2) is 5.11. The molecule has 0 saturated heterocycles. The molecular formula is C10H10BrNO2. The van der Waals surface area contributed by atoms with E-state index in [1.807, 2.05) is 12.1 Å². The Morgan fingerprint density at radius 2 is 2.00 bits per heavy atom. The first-order chi connectivity index (χ1) is 6.70. The number of rotatable bonds is 3. The molecule has 2 N–H and O–H groups in total. The average molecular weight is 256 g/mol. The summed E-state index contributed by atoms with van der Waals surface area (Å²) in [7, 11) is 0. The molecule has 0 amide bonds. The van der Waals surface area contributed by atoms with Gasteiger partial charge in [0.05, 0.1) is 6.07 Å². The first kappa shape index (κ1) is 11.2. The fourth-order valence-electron chi connectivity index (χ4n) is 1.19. The van der Waals surface area contributed by atoms with E-state index < -0.39 is 12.2 Å². The number of hydrogen-bond donors (Lipinski definition) is 2. The van der Waals surface area contributed by atoms with E-state index in [0.717, 1.165) is 5.56 Å². The Bertz CT molecular complexity index is 348. The molecule has 0 bridgehead atoms. The van der Waals surface area contributed by atoms with Gasteiger partial charge in [0, 0.05) is 5.33 Å². The molecule has 0 aliphatic heterocycles. The highest BCUT2D eigenvalue weighted by Gasteiger charge is 2.19. The van der Waals surface area contributed by atoms with Crippen LogP contribution in [0.4, 0.5) is 0 Å². The van der Waals surface area contributed by atoms with E-state index in [0.29, 0.717) is 10.9 Å². The molecule has 0 aromatic heterocycles. The molecule has 0 saturated carbocycles. The SMILES string of the molecule is N#CC(O)C(O)c1ccccc1CBr. The van der Waals surface area contributed by atoms with Crippen molar-refractivity contribution < 1.29 is 10.2 Å². The van der Waals surface area contributed by atoms with Crippen molar-refractivity contribution in [1.82, 2.24) is 0 Å². The van der Waals surface area contributed by atoms with Gasteiger partial charge >= 0.3 is 0 Å². The summed E-state index contributed by atoms with van der Waals surface area (Å²) in [6, 6.07) is 8.73. The standard InChI is InChI=1S/C10H10BrNO2/c11-5-7-3-1-2-4-8(7)10(14)9(13)6-12/h1-4,9-10,13-14H,5H2. The van der Waals surface area contributed by atoms with Gasteiger partial charge < -0.3 is 10.2 Å². The van der Waals surface area contributed by atoms with Crippen LogP contribution < -0.4 is 0 Å². The number of nitriles is 1.